The highest BCUT2D eigenvalue weighted by atomic mass is 16.5. The van der Waals surface area contributed by atoms with Crippen LogP contribution in [0.5, 0.6) is 0 Å². The fourth-order valence-electron chi connectivity index (χ4n) is 1.46. The summed E-state index contributed by atoms with van der Waals surface area (Å²) in [5, 5.41) is 0. The van der Waals surface area contributed by atoms with Crippen LogP contribution in [0.2, 0.25) is 0 Å². The molecule has 13 heavy (non-hydrogen) atoms. The Bertz CT molecular complexity index is 192. The van der Waals surface area contributed by atoms with E-state index < -0.39 is 0 Å². The van der Waals surface area contributed by atoms with Crippen molar-refractivity contribution in [1.29, 1.82) is 0 Å². The lowest BCUT2D eigenvalue weighted by Crippen LogP contribution is -2.42. The number of hydrogen-bond acceptors (Lipinski definition) is 3. The monoisotopic (exact) mass is 180 g/mol. The third kappa shape index (κ3) is 3.17. The van der Waals surface area contributed by atoms with Crippen LogP contribution in [0.25, 0.3) is 0 Å². The minimum Gasteiger partial charge on any atom is -0.379 e. The molecule has 1 aliphatic heterocycles. The summed E-state index contributed by atoms with van der Waals surface area (Å²) in [7, 11) is 0. The van der Waals surface area contributed by atoms with Gasteiger partial charge in [-0.3, -0.25) is 4.90 Å². The normalized spacial score (nSPS) is 20.5. The van der Waals surface area contributed by atoms with Crippen LogP contribution in [0.1, 0.15) is 12.8 Å². The van der Waals surface area contributed by atoms with Gasteiger partial charge in [-0.15, -0.1) is 0 Å². The quantitative estimate of drug-likeness (QED) is 0.459. The maximum absolute atomic E-state index is 10.2. The van der Waals surface area contributed by atoms with E-state index in [0.29, 0.717) is 12.8 Å². The zero-order chi connectivity index (χ0) is 9.52. The van der Waals surface area contributed by atoms with Crippen molar-refractivity contribution in [2.75, 3.05) is 26.3 Å². The first-order valence-electron chi connectivity index (χ1n) is 4.56. The number of rotatable bonds is 4. The van der Waals surface area contributed by atoms with Gasteiger partial charge in [-0.1, -0.05) is 5.92 Å². The van der Waals surface area contributed by atoms with Crippen LogP contribution in [-0.2, 0) is 9.53 Å². The van der Waals surface area contributed by atoms with Gasteiger partial charge in [-0.05, 0) is 12.8 Å². The van der Waals surface area contributed by atoms with Crippen LogP contribution in [0.15, 0.2) is 0 Å². The van der Waals surface area contributed by atoms with E-state index in [-0.39, 0.29) is 6.04 Å². The molecule has 1 saturated heterocycles. The summed E-state index contributed by atoms with van der Waals surface area (Å²) >= 11 is 0. The summed E-state index contributed by atoms with van der Waals surface area (Å²) in [6.07, 6.45) is 9.23. The molecule has 0 spiro atoms. The van der Waals surface area contributed by atoms with Gasteiger partial charge in [-0.25, -0.2) is 0 Å². The van der Waals surface area contributed by atoms with E-state index in [1.54, 1.807) is 0 Å². The van der Waals surface area contributed by atoms with E-state index in [1.165, 1.54) is 0 Å². The Labute approximate surface area is 79.1 Å². The summed E-state index contributed by atoms with van der Waals surface area (Å²) in [5.74, 6) is 2.47. The second kappa shape index (κ2) is 5.74. The maximum Gasteiger partial charge on any atom is 0.120 e. The Balaban J connectivity index is 2.35. The molecule has 1 atom stereocenters. The zero-order valence-corrected chi connectivity index (χ0v) is 7.66. The zero-order valence-electron chi connectivity index (χ0n) is 7.66. The fraction of sp³-hybridized carbons (Fsp3) is 0.700. The van der Waals surface area contributed by atoms with Gasteiger partial charge in [0.1, 0.15) is 6.29 Å². The van der Waals surface area contributed by atoms with Crippen molar-refractivity contribution in [3.05, 3.63) is 6.42 Å². The molecule has 0 bridgehead atoms. The Morgan fingerprint density at radius 1 is 1.54 bits per heavy atom. The average molecular weight is 180 g/mol. The molecule has 1 aliphatic rings. The molecule has 0 aromatic heterocycles. The number of nitrogens with zero attached hydrogens (tertiary/aromatic N) is 1. The molecule has 0 saturated carbocycles. The third-order valence-electron chi connectivity index (χ3n) is 2.21. The number of carbonyl (C=O) groups excluding carboxylic acids is 1. The predicted molar refractivity (Wildman–Crippen MR) is 48.6 cm³/mol. The average Bonchev–Trinajstić information content (AvgIpc) is 2.21. The van der Waals surface area contributed by atoms with Gasteiger partial charge in [0.05, 0.1) is 19.3 Å². The molecule has 0 aromatic rings. The largest absolute Gasteiger partial charge is 0.379 e. The molecule has 1 unspecified atom stereocenters. The van der Waals surface area contributed by atoms with Gasteiger partial charge in [-0.2, -0.15) is 0 Å². The van der Waals surface area contributed by atoms with Crippen molar-refractivity contribution >= 4 is 6.29 Å². The van der Waals surface area contributed by atoms with Crippen molar-refractivity contribution in [3.63, 3.8) is 0 Å². The molecule has 3 heteroatoms. The molecule has 0 aliphatic carbocycles. The van der Waals surface area contributed by atoms with Crippen molar-refractivity contribution in [2.24, 2.45) is 0 Å². The standard InChI is InChI=1S/C10H14NO2/c1-2-10(4-3-7-12)11-5-8-13-9-6-11/h7,10H,3-6,8-9H2. The van der Waals surface area contributed by atoms with Gasteiger partial charge >= 0.3 is 0 Å². The number of morpholine rings is 1. The minimum atomic E-state index is -0.00546. The van der Waals surface area contributed by atoms with Crippen molar-refractivity contribution in [1.82, 2.24) is 4.90 Å². The Morgan fingerprint density at radius 2 is 2.23 bits per heavy atom. The van der Waals surface area contributed by atoms with Gasteiger partial charge in [0.15, 0.2) is 0 Å². The SMILES string of the molecule is [C]#CC(CCC=O)N1CCOCC1. The molecule has 0 amide bonds. The number of aldehydes is 1. The number of ether oxygens (including phenoxy) is 1. The highest BCUT2D eigenvalue weighted by molar-refractivity contribution is 5.49. The minimum absolute atomic E-state index is 0.00546. The Morgan fingerprint density at radius 3 is 2.77 bits per heavy atom. The van der Waals surface area contributed by atoms with Crippen LogP contribution in [0, 0.1) is 12.3 Å². The predicted octanol–water partition coefficient (Wildman–Crippen LogP) is 0.256. The molecule has 1 radical (unpaired) electrons. The molecule has 0 N–H and O–H groups in total. The summed E-state index contributed by atoms with van der Waals surface area (Å²) in [4.78, 5) is 12.3. The van der Waals surface area contributed by atoms with Gasteiger partial charge in [0.25, 0.3) is 0 Å². The first-order chi connectivity index (χ1) is 6.38. The van der Waals surface area contributed by atoms with Crippen LogP contribution in [0.4, 0.5) is 0 Å². The van der Waals surface area contributed by atoms with E-state index in [2.05, 4.69) is 10.8 Å². The fourth-order valence-corrected chi connectivity index (χ4v) is 1.46. The number of hydrogen-bond donors (Lipinski definition) is 0. The van der Waals surface area contributed by atoms with Crippen LogP contribution in [-0.4, -0.2) is 43.5 Å². The maximum atomic E-state index is 10.2. The topological polar surface area (TPSA) is 29.5 Å². The smallest absolute Gasteiger partial charge is 0.120 e. The Hall–Kier alpha value is -0.850. The first-order valence-corrected chi connectivity index (χ1v) is 4.56. The van der Waals surface area contributed by atoms with E-state index in [9.17, 15) is 4.79 Å². The summed E-state index contributed by atoms with van der Waals surface area (Å²) in [5.41, 5.74) is 0. The van der Waals surface area contributed by atoms with Crippen molar-refractivity contribution in [2.45, 2.75) is 18.9 Å². The first kappa shape index (κ1) is 10.2. The van der Waals surface area contributed by atoms with Gasteiger partial charge in [0, 0.05) is 19.5 Å². The lowest BCUT2D eigenvalue weighted by atomic mass is 10.1. The highest BCUT2D eigenvalue weighted by Crippen LogP contribution is 2.07. The number of carbonyl (C=O) groups is 1. The summed E-state index contributed by atoms with van der Waals surface area (Å²) < 4.78 is 5.20. The second-order valence-corrected chi connectivity index (χ2v) is 3.05. The third-order valence-corrected chi connectivity index (χ3v) is 2.21. The van der Waals surface area contributed by atoms with E-state index in [0.717, 1.165) is 32.6 Å². The summed E-state index contributed by atoms with van der Waals surface area (Å²) in [6, 6.07) is -0.00546. The molecule has 0 aromatic carbocycles. The van der Waals surface area contributed by atoms with E-state index in [1.807, 2.05) is 0 Å². The van der Waals surface area contributed by atoms with E-state index >= 15 is 0 Å². The molecular formula is C10H14NO2. The highest BCUT2D eigenvalue weighted by Gasteiger charge is 2.18. The van der Waals surface area contributed by atoms with Crippen molar-refractivity contribution < 1.29 is 9.53 Å². The Kier molecular flexibility index (Phi) is 4.52. The lowest BCUT2D eigenvalue weighted by molar-refractivity contribution is -0.108. The van der Waals surface area contributed by atoms with Crippen molar-refractivity contribution in [3.8, 4) is 5.92 Å². The molecule has 1 fully saturated rings. The molecule has 71 valence electrons. The second-order valence-electron chi connectivity index (χ2n) is 3.05. The lowest BCUT2D eigenvalue weighted by Gasteiger charge is -2.31. The molecule has 1 rings (SSSR count). The van der Waals surface area contributed by atoms with Gasteiger partial charge in [0.2, 0.25) is 0 Å². The van der Waals surface area contributed by atoms with E-state index in [4.69, 9.17) is 11.2 Å². The van der Waals surface area contributed by atoms with Crippen LogP contribution >= 0.6 is 0 Å². The van der Waals surface area contributed by atoms with Crippen LogP contribution < -0.4 is 0 Å². The van der Waals surface area contributed by atoms with Crippen LogP contribution in [0.3, 0.4) is 0 Å². The molecule has 1 heterocycles. The summed E-state index contributed by atoms with van der Waals surface area (Å²) in [6.45, 7) is 3.13. The molecule has 3 nitrogen and oxygen atoms in total. The molecular weight excluding hydrogens is 166 g/mol. The van der Waals surface area contributed by atoms with Gasteiger partial charge < -0.3 is 9.53 Å².